The maximum Gasteiger partial charge on any atom is 0.242 e. The fraction of sp³-hybridized carbons (Fsp3) is 0.0714. The lowest BCUT2D eigenvalue weighted by Crippen LogP contribution is -2.33. The highest BCUT2D eigenvalue weighted by Crippen LogP contribution is 2.24. The van der Waals surface area contributed by atoms with Gasteiger partial charge in [-0.05, 0) is 36.4 Å². The second kappa shape index (κ2) is 7.63. The largest absolute Gasteiger partial charge is 0.325 e. The van der Waals surface area contributed by atoms with Crippen molar-refractivity contribution in [2.45, 2.75) is 4.90 Å². The summed E-state index contributed by atoms with van der Waals surface area (Å²) in [6, 6.07) is 11.0. The summed E-state index contributed by atoms with van der Waals surface area (Å²) < 4.78 is 27.3. The molecule has 0 radical (unpaired) electrons. The van der Waals surface area contributed by atoms with Crippen LogP contribution in [0.5, 0.6) is 0 Å². The minimum absolute atomic E-state index is 0.0225. The Morgan fingerprint density at radius 3 is 2.57 bits per heavy atom. The molecule has 2 aromatic carbocycles. The highest BCUT2D eigenvalue weighted by atomic mass is 79.9. The summed E-state index contributed by atoms with van der Waals surface area (Å²) in [5.41, 5.74) is 0.546. The van der Waals surface area contributed by atoms with Crippen molar-refractivity contribution >= 4 is 60.7 Å². The van der Waals surface area contributed by atoms with E-state index in [2.05, 4.69) is 26.0 Å². The molecule has 0 aliphatic rings. The fourth-order valence-electron chi connectivity index (χ4n) is 1.69. The quantitative estimate of drug-likeness (QED) is 0.749. The lowest BCUT2D eigenvalue weighted by Gasteiger charge is -2.09. The van der Waals surface area contributed by atoms with Crippen LogP contribution in [0, 0.1) is 0 Å². The van der Waals surface area contributed by atoms with Gasteiger partial charge < -0.3 is 5.32 Å². The molecule has 122 valence electrons. The number of amides is 1. The first-order valence-electron chi connectivity index (χ1n) is 6.28. The standard InChI is InChI=1S/C14H11BrCl2N2O3S/c15-9-2-1-3-11(6-9)19-14(20)8-18-23(21,22)13-7-10(16)4-5-12(13)17/h1-7,18H,8H2,(H,19,20). The summed E-state index contributed by atoms with van der Waals surface area (Å²) in [4.78, 5) is 11.7. The monoisotopic (exact) mass is 436 g/mol. The van der Waals surface area contributed by atoms with Crippen LogP contribution in [-0.4, -0.2) is 20.9 Å². The Balaban J connectivity index is 2.04. The third-order valence-corrected chi connectivity index (χ3v) is 5.33. The Labute approximate surface area is 152 Å². The van der Waals surface area contributed by atoms with Crippen LogP contribution in [0.25, 0.3) is 0 Å². The number of anilines is 1. The molecule has 1 amide bonds. The number of halogens is 3. The number of carbonyl (C=O) groups is 1. The third-order valence-electron chi connectivity index (χ3n) is 2.71. The van der Waals surface area contributed by atoms with Gasteiger partial charge in [-0.2, -0.15) is 0 Å². The fourth-order valence-corrected chi connectivity index (χ4v) is 3.83. The van der Waals surface area contributed by atoms with Crippen molar-refractivity contribution in [3.05, 3.63) is 57.0 Å². The Hall–Kier alpha value is -1.12. The molecule has 23 heavy (non-hydrogen) atoms. The van der Waals surface area contributed by atoms with Gasteiger partial charge in [0.15, 0.2) is 0 Å². The van der Waals surface area contributed by atoms with Crippen LogP contribution < -0.4 is 10.0 Å². The van der Waals surface area contributed by atoms with Gasteiger partial charge in [-0.15, -0.1) is 0 Å². The minimum atomic E-state index is -3.95. The van der Waals surface area contributed by atoms with Gasteiger partial charge in [0.1, 0.15) is 4.90 Å². The Bertz CT molecular complexity index is 844. The molecule has 2 N–H and O–H groups in total. The lowest BCUT2D eigenvalue weighted by atomic mass is 10.3. The molecule has 0 saturated carbocycles. The van der Waals surface area contributed by atoms with E-state index in [1.807, 2.05) is 0 Å². The minimum Gasteiger partial charge on any atom is -0.325 e. The predicted molar refractivity (Wildman–Crippen MR) is 94.4 cm³/mol. The number of hydrogen-bond acceptors (Lipinski definition) is 3. The summed E-state index contributed by atoms with van der Waals surface area (Å²) in [5.74, 6) is -0.509. The Kier molecular flexibility index (Phi) is 6.05. The zero-order chi connectivity index (χ0) is 17.0. The average molecular weight is 438 g/mol. The molecule has 0 aliphatic carbocycles. The van der Waals surface area contributed by atoms with Gasteiger partial charge in [-0.25, -0.2) is 13.1 Å². The number of benzene rings is 2. The highest BCUT2D eigenvalue weighted by Gasteiger charge is 2.19. The summed E-state index contributed by atoms with van der Waals surface area (Å²) in [5, 5.41) is 2.83. The van der Waals surface area contributed by atoms with Gasteiger partial charge in [0.05, 0.1) is 11.6 Å². The molecule has 0 heterocycles. The van der Waals surface area contributed by atoms with Crippen LogP contribution in [0.4, 0.5) is 5.69 Å². The van der Waals surface area contributed by atoms with E-state index < -0.39 is 22.5 Å². The number of nitrogens with one attached hydrogen (secondary N) is 2. The first kappa shape index (κ1) is 18.2. The summed E-state index contributed by atoms with van der Waals surface area (Å²) in [6.07, 6.45) is 0. The van der Waals surface area contributed by atoms with E-state index in [0.29, 0.717) is 5.69 Å². The van der Waals surface area contributed by atoms with Crippen molar-refractivity contribution in [3.63, 3.8) is 0 Å². The highest BCUT2D eigenvalue weighted by molar-refractivity contribution is 9.10. The Morgan fingerprint density at radius 1 is 1.13 bits per heavy atom. The molecule has 0 spiro atoms. The molecular formula is C14H11BrCl2N2O3S. The smallest absolute Gasteiger partial charge is 0.242 e. The van der Waals surface area contributed by atoms with E-state index in [1.165, 1.54) is 18.2 Å². The summed E-state index contributed by atoms with van der Waals surface area (Å²) in [7, 11) is -3.95. The first-order chi connectivity index (χ1) is 10.8. The Morgan fingerprint density at radius 2 is 1.87 bits per heavy atom. The second-order valence-corrected chi connectivity index (χ2v) is 7.95. The van der Waals surface area contributed by atoms with E-state index in [9.17, 15) is 13.2 Å². The SMILES string of the molecule is O=C(CNS(=O)(=O)c1cc(Cl)ccc1Cl)Nc1cccc(Br)c1. The maximum absolute atomic E-state index is 12.2. The number of sulfonamides is 1. The lowest BCUT2D eigenvalue weighted by molar-refractivity contribution is -0.115. The molecule has 0 unspecified atom stereocenters. The zero-order valence-electron chi connectivity index (χ0n) is 11.5. The van der Waals surface area contributed by atoms with Crippen molar-refractivity contribution < 1.29 is 13.2 Å². The molecule has 0 saturated heterocycles. The van der Waals surface area contributed by atoms with Crippen molar-refractivity contribution in [1.29, 1.82) is 0 Å². The van der Waals surface area contributed by atoms with Crippen molar-refractivity contribution in [2.75, 3.05) is 11.9 Å². The molecule has 5 nitrogen and oxygen atoms in total. The van der Waals surface area contributed by atoms with Crippen LogP contribution >= 0.6 is 39.1 Å². The van der Waals surface area contributed by atoms with Crippen molar-refractivity contribution in [3.8, 4) is 0 Å². The molecule has 2 rings (SSSR count). The number of carbonyl (C=O) groups excluding carboxylic acids is 1. The summed E-state index contributed by atoms with van der Waals surface area (Å²) >= 11 is 14.9. The molecule has 0 bridgehead atoms. The van der Waals surface area contributed by atoms with Crippen molar-refractivity contribution in [1.82, 2.24) is 4.72 Å². The molecule has 0 aromatic heterocycles. The topological polar surface area (TPSA) is 75.3 Å². The molecule has 0 fully saturated rings. The van der Waals surface area contributed by atoms with Crippen LogP contribution in [0.1, 0.15) is 0 Å². The van der Waals surface area contributed by atoms with Crippen LogP contribution in [-0.2, 0) is 14.8 Å². The van der Waals surface area contributed by atoms with Gasteiger partial charge in [-0.3, -0.25) is 4.79 Å². The van der Waals surface area contributed by atoms with E-state index >= 15 is 0 Å². The van der Waals surface area contributed by atoms with Gasteiger partial charge in [0.2, 0.25) is 15.9 Å². The van der Waals surface area contributed by atoms with E-state index in [4.69, 9.17) is 23.2 Å². The molecule has 0 aliphatic heterocycles. The van der Waals surface area contributed by atoms with Gasteiger partial charge >= 0.3 is 0 Å². The molecule has 9 heteroatoms. The number of hydrogen-bond donors (Lipinski definition) is 2. The maximum atomic E-state index is 12.2. The first-order valence-corrected chi connectivity index (χ1v) is 9.31. The van der Waals surface area contributed by atoms with Crippen LogP contribution in [0.3, 0.4) is 0 Å². The van der Waals surface area contributed by atoms with E-state index in [-0.39, 0.29) is 14.9 Å². The van der Waals surface area contributed by atoms with E-state index in [1.54, 1.807) is 24.3 Å². The average Bonchev–Trinajstić information content (AvgIpc) is 2.48. The second-order valence-electron chi connectivity index (χ2n) is 4.46. The van der Waals surface area contributed by atoms with Gasteiger partial charge in [0, 0.05) is 15.2 Å². The third kappa shape index (κ3) is 5.19. The van der Waals surface area contributed by atoms with Crippen LogP contribution in [0.15, 0.2) is 51.8 Å². The normalized spacial score (nSPS) is 11.3. The number of rotatable bonds is 5. The zero-order valence-corrected chi connectivity index (χ0v) is 15.4. The van der Waals surface area contributed by atoms with E-state index in [0.717, 1.165) is 4.47 Å². The molecular weight excluding hydrogens is 427 g/mol. The van der Waals surface area contributed by atoms with Gasteiger partial charge in [0.25, 0.3) is 0 Å². The molecule has 0 atom stereocenters. The van der Waals surface area contributed by atoms with Gasteiger partial charge in [-0.1, -0.05) is 45.2 Å². The molecule has 2 aromatic rings. The summed E-state index contributed by atoms with van der Waals surface area (Å²) in [6.45, 7) is -0.433. The predicted octanol–water partition coefficient (Wildman–Crippen LogP) is 3.67. The van der Waals surface area contributed by atoms with Crippen molar-refractivity contribution in [2.24, 2.45) is 0 Å². The van der Waals surface area contributed by atoms with Crippen LogP contribution in [0.2, 0.25) is 10.0 Å².